The van der Waals surface area contributed by atoms with Crippen molar-refractivity contribution in [3.05, 3.63) is 29.7 Å². The van der Waals surface area contributed by atoms with Gasteiger partial charge in [0.05, 0.1) is 6.54 Å². The maximum Gasteiger partial charge on any atom is 0.276 e. The van der Waals surface area contributed by atoms with Crippen molar-refractivity contribution >= 4 is 11.7 Å². The molecular weight excluding hydrogens is 322 g/mol. The third-order valence-electron chi connectivity index (χ3n) is 4.53. The summed E-state index contributed by atoms with van der Waals surface area (Å²) < 4.78 is 11.1. The lowest BCUT2D eigenvalue weighted by molar-refractivity contribution is 0.0760. The van der Waals surface area contributed by atoms with E-state index in [1.165, 1.54) is 0 Å². The van der Waals surface area contributed by atoms with Crippen molar-refractivity contribution in [2.45, 2.75) is 31.3 Å². The number of amides is 1. The highest BCUT2D eigenvalue weighted by Gasteiger charge is 2.33. The van der Waals surface area contributed by atoms with Crippen molar-refractivity contribution in [2.24, 2.45) is 0 Å². The van der Waals surface area contributed by atoms with Crippen LogP contribution in [-0.2, 0) is 0 Å². The van der Waals surface area contributed by atoms with Gasteiger partial charge in [0.1, 0.15) is 11.9 Å². The molecule has 1 saturated heterocycles. The molecule has 2 aliphatic rings. The number of hydrogen-bond acceptors (Lipinski definition) is 7. The second-order valence-electron chi connectivity index (χ2n) is 6.79. The highest BCUT2D eigenvalue weighted by molar-refractivity contribution is 5.92. The molecule has 3 heterocycles. The van der Waals surface area contributed by atoms with E-state index in [1.807, 2.05) is 25.1 Å². The van der Waals surface area contributed by atoms with Gasteiger partial charge in [-0.2, -0.15) is 0 Å². The number of aromatic nitrogens is 3. The predicted molar refractivity (Wildman–Crippen MR) is 89.8 cm³/mol. The number of hydrogen-bond donors (Lipinski definition) is 0. The van der Waals surface area contributed by atoms with E-state index in [2.05, 4.69) is 15.4 Å². The van der Waals surface area contributed by atoms with E-state index < -0.39 is 0 Å². The maximum atomic E-state index is 12.5. The number of anilines is 1. The fraction of sp³-hybridized carbons (Fsp3) is 0.529. The molecular formula is C17H21N5O3. The van der Waals surface area contributed by atoms with Crippen molar-refractivity contribution in [1.82, 2.24) is 20.3 Å². The molecule has 4 rings (SSSR count). The van der Waals surface area contributed by atoms with Gasteiger partial charge in [-0.05, 0) is 18.9 Å². The average Bonchev–Trinajstić information content (AvgIpc) is 3.16. The van der Waals surface area contributed by atoms with Gasteiger partial charge < -0.3 is 19.1 Å². The number of ether oxygens (including phenoxy) is 1. The highest BCUT2D eigenvalue weighted by Crippen LogP contribution is 2.40. The fourth-order valence-corrected chi connectivity index (χ4v) is 2.91. The van der Waals surface area contributed by atoms with Gasteiger partial charge in [0.25, 0.3) is 5.91 Å². The first-order valence-electron chi connectivity index (χ1n) is 8.54. The second-order valence-corrected chi connectivity index (χ2v) is 6.79. The molecule has 1 atom stereocenters. The van der Waals surface area contributed by atoms with Crippen molar-refractivity contribution in [3.8, 4) is 5.88 Å². The van der Waals surface area contributed by atoms with E-state index in [0.29, 0.717) is 30.6 Å². The van der Waals surface area contributed by atoms with Gasteiger partial charge in [-0.3, -0.25) is 4.79 Å². The number of likely N-dealkylation sites (tertiary alicyclic amines) is 1. The molecule has 0 radical (unpaired) electrons. The lowest BCUT2D eigenvalue weighted by Crippen LogP contribution is -2.31. The smallest absolute Gasteiger partial charge is 0.276 e. The first-order chi connectivity index (χ1) is 12.1. The molecule has 25 heavy (non-hydrogen) atoms. The van der Waals surface area contributed by atoms with Crippen LogP contribution in [0.25, 0.3) is 0 Å². The largest absolute Gasteiger partial charge is 0.471 e. The van der Waals surface area contributed by atoms with Crippen LogP contribution in [0.4, 0.5) is 5.82 Å². The molecule has 2 aromatic rings. The first kappa shape index (κ1) is 15.9. The number of carbonyl (C=O) groups is 1. The molecule has 1 aliphatic carbocycles. The third kappa shape index (κ3) is 3.42. The zero-order chi connectivity index (χ0) is 17.4. The number of carbonyl (C=O) groups excluding carboxylic acids is 1. The summed E-state index contributed by atoms with van der Waals surface area (Å²) in [4.78, 5) is 16.2. The molecule has 132 valence electrons. The van der Waals surface area contributed by atoms with Gasteiger partial charge >= 0.3 is 0 Å². The Kier molecular flexibility index (Phi) is 4.03. The summed E-state index contributed by atoms with van der Waals surface area (Å²) in [7, 11) is 3.81. The van der Waals surface area contributed by atoms with Gasteiger partial charge in [-0.1, -0.05) is 5.16 Å². The molecule has 1 amide bonds. The number of nitrogens with zero attached hydrogens (tertiary/aromatic N) is 5. The van der Waals surface area contributed by atoms with Crippen LogP contribution >= 0.6 is 0 Å². The summed E-state index contributed by atoms with van der Waals surface area (Å²) in [6.45, 7) is 1.15. The topological polar surface area (TPSA) is 84.6 Å². The summed E-state index contributed by atoms with van der Waals surface area (Å²) in [6.07, 6.45) is 2.92. The van der Waals surface area contributed by atoms with Crippen LogP contribution in [0.3, 0.4) is 0 Å². The maximum absolute atomic E-state index is 12.5. The van der Waals surface area contributed by atoms with Crippen molar-refractivity contribution in [1.29, 1.82) is 0 Å². The lowest BCUT2D eigenvalue weighted by atomic mass is 10.2. The van der Waals surface area contributed by atoms with Crippen LogP contribution in [0.1, 0.15) is 41.4 Å². The Labute approximate surface area is 145 Å². The van der Waals surface area contributed by atoms with Crippen molar-refractivity contribution < 1.29 is 14.1 Å². The average molecular weight is 343 g/mol. The fourth-order valence-electron chi connectivity index (χ4n) is 2.91. The molecule has 1 saturated carbocycles. The Hall–Kier alpha value is -2.64. The third-order valence-corrected chi connectivity index (χ3v) is 4.53. The van der Waals surface area contributed by atoms with E-state index in [9.17, 15) is 4.79 Å². The molecule has 0 bridgehead atoms. The van der Waals surface area contributed by atoms with E-state index in [0.717, 1.165) is 30.8 Å². The van der Waals surface area contributed by atoms with E-state index >= 15 is 0 Å². The quantitative estimate of drug-likeness (QED) is 0.817. The van der Waals surface area contributed by atoms with Crippen LogP contribution in [0, 0.1) is 0 Å². The lowest BCUT2D eigenvalue weighted by Gasteiger charge is -2.16. The summed E-state index contributed by atoms with van der Waals surface area (Å²) in [6, 6.07) is 5.43. The van der Waals surface area contributed by atoms with Gasteiger partial charge in [0.2, 0.25) is 5.88 Å². The van der Waals surface area contributed by atoms with Gasteiger partial charge in [-0.25, -0.2) is 0 Å². The molecule has 0 N–H and O–H groups in total. The standard InChI is InChI=1S/C17H21N5O3/c1-21(2)15-5-6-16(19-18-15)24-12-7-8-22(10-12)17(23)13-9-14(25-20-13)11-3-4-11/h5-6,9,11-12H,3-4,7-8,10H2,1-2H3. The van der Waals surface area contributed by atoms with E-state index in [4.69, 9.17) is 9.26 Å². The van der Waals surface area contributed by atoms with Crippen molar-refractivity contribution in [3.63, 3.8) is 0 Å². The Balaban J connectivity index is 1.34. The highest BCUT2D eigenvalue weighted by atomic mass is 16.5. The van der Waals surface area contributed by atoms with Crippen LogP contribution in [-0.4, -0.2) is 59.4 Å². The molecule has 8 heteroatoms. The summed E-state index contributed by atoms with van der Waals surface area (Å²) in [5.74, 6) is 2.42. The normalized spacial score (nSPS) is 19.9. The Bertz CT molecular complexity index is 754. The Morgan fingerprint density at radius 2 is 2.12 bits per heavy atom. The molecule has 2 fully saturated rings. The predicted octanol–water partition coefficient (Wildman–Crippen LogP) is 1.70. The minimum Gasteiger partial charge on any atom is -0.471 e. The zero-order valence-electron chi connectivity index (χ0n) is 14.4. The summed E-state index contributed by atoms with van der Waals surface area (Å²) >= 11 is 0. The first-order valence-corrected chi connectivity index (χ1v) is 8.54. The Morgan fingerprint density at radius 1 is 1.28 bits per heavy atom. The van der Waals surface area contributed by atoms with Gasteiger partial charge in [0, 0.05) is 45.1 Å². The van der Waals surface area contributed by atoms with Crippen molar-refractivity contribution in [2.75, 3.05) is 32.1 Å². The van der Waals surface area contributed by atoms with Gasteiger partial charge in [0.15, 0.2) is 11.5 Å². The summed E-state index contributed by atoms with van der Waals surface area (Å²) in [5.41, 5.74) is 0.387. The van der Waals surface area contributed by atoms with Crippen LogP contribution in [0.2, 0.25) is 0 Å². The molecule has 1 aliphatic heterocycles. The molecule has 8 nitrogen and oxygen atoms in total. The van der Waals surface area contributed by atoms with Crippen LogP contribution < -0.4 is 9.64 Å². The molecule has 0 aromatic carbocycles. The minimum absolute atomic E-state index is 0.0849. The van der Waals surface area contributed by atoms with E-state index in [-0.39, 0.29) is 12.0 Å². The second kappa shape index (κ2) is 6.34. The number of rotatable bonds is 5. The SMILES string of the molecule is CN(C)c1ccc(OC2CCN(C(=O)c3cc(C4CC4)on3)C2)nn1. The molecule has 0 spiro atoms. The molecule has 2 aromatic heterocycles. The molecule has 1 unspecified atom stereocenters. The summed E-state index contributed by atoms with van der Waals surface area (Å²) in [5, 5.41) is 12.1. The minimum atomic E-state index is -0.101. The van der Waals surface area contributed by atoms with E-state index in [1.54, 1.807) is 17.0 Å². The zero-order valence-corrected chi connectivity index (χ0v) is 14.4. The van der Waals surface area contributed by atoms with Crippen LogP contribution in [0.15, 0.2) is 22.7 Å². The Morgan fingerprint density at radius 3 is 2.80 bits per heavy atom. The monoisotopic (exact) mass is 343 g/mol. The van der Waals surface area contributed by atoms with Gasteiger partial charge in [-0.15, -0.1) is 10.2 Å². The van der Waals surface area contributed by atoms with Crippen LogP contribution in [0.5, 0.6) is 5.88 Å².